The van der Waals surface area contributed by atoms with Crippen LogP contribution < -0.4 is 5.32 Å². The van der Waals surface area contributed by atoms with Crippen LogP contribution in [0.4, 0.5) is 0 Å². The number of nitrogens with one attached hydrogen (secondary N) is 1. The van der Waals surface area contributed by atoms with E-state index >= 15 is 0 Å². The third-order valence-electron chi connectivity index (χ3n) is 2.44. The molecule has 0 aliphatic carbocycles. The van der Waals surface area contributed by atoms with Gasteiger partial charge in [0, 0.05) is 24.5 Å². The fraction of sp³-hybridized carbons (Fsp3) is 0.462. The van der Waals surface area contributed by atoms with E-state index in [4.69, 9.17) is 5.11 Å². The van der Waals surface area contributed by atoms with Gasteiger partial charge in [0.15, 0.2) is 0 Å². The number of hydrogen-bond donors (Lipinski definition) is 3. The van der Waals surface area contributed by atoms with E-state index in [9.17, 15) is 9.90 Å². The molecule has 1 rings (SSSR count). The van der Waals surface area contributed by atoms with Gasteiger partial charge in [-0.05, 0) is 42.9 Å². The highest BCUT2D eigenvalue weighted by Gasteiger charge is 2.06. The lowest BCUT2D eigenvalue weighted by Gasteiger charge is -2.06. The van der Waals surface area contributed by atoms with Gasteiger partial charge in [0.25, 0.3) is 5.91 Å². The summed E-state index contributed by atoms with van der Waals surface area (Å²) in [6, 6.07) is 4.81. The lowest BCUT2D eigenvalue weighted by Crippen LogP contribution is -2.25. The van der Waals surface area contributed by atoms with Crippen LogP contribution in [0, 0.1) is 6.92 Å². The van der Waals surface area contributed by atoms with Crippen LogP contribution in [-0.4, -0.2) is 40.8 Å². The largest absolute Gasteiger partial charge is 0.508 e. The molecule has 3 N–H and O–H groups in total. The molecule has 100 valence electrons. The van der Waals surface area contributed by atoms with E-state index in [1.807, 2.05) is 0 Å². The molecule has 1 amide bonds. The molecule has 0 aliphatic heterocycles. The summed E-state index contributed by atoms with van der Waals surface area (Å²) in [5, 5.41) is 20.8. The van der Waals surface area contributed by atoms with E-state index in [0.29, 0.717) is 17.7 Å². The van der Waals surface area contributed by atoms with Gasteiger partial charge in [0.05, 0.1) is 0 Å². The molecule has 4 nitrogen and oxygen atoms in total. The van der Waals surface area contributed by atoms with Gasteiger partial charge in [-0.3, -0.25) is 4.79 Å². The second-order valence-electron chi connectivity index (χ2n) is 3.95. The van der Waals surface area contributed by atoms with Crippen LogP contribution in [0.1, 0.15) is 22.3 Å². The maximum absolute atomic E-state index is 11.8. The molecule has 1 aromatic rings. The number of aromatic hydroxyl groups is 1. The van der Waals surface area contributed by atoms with Crippen molar-refractivity contribution in [1.29, 1.82) is 0 Å². The number of rotatable bonds is 7. The van der Waals surface area contributed by atoms with Gasteiger partial charge < -0.3 is 15.5 Å². The first-order valence-corrected chi connectivity index (χ1v) is 7.07. The minimum absolute atomic E-state index is 0.124. The van der Waals surface area contributed by atoms with Gasteiger partial charge >= 0.3 is 0 Å². The summed E-state index contributed by atoms with van der Waals surface area (Å²) in [6.07, 6.45) is 0.787. The third-order valence-corrected chi connectivity index (χ3v) is 3.51. The molecule has 0 unspecified atom stereocenters. The van der Waals surface area contributed by atoms with Crippen molar-refractivity contribution in [1.82, 2.24) is 5.32 Å². The number of hydrogen-bond acceptors (Lipinski definition) is 4. The Kier molecular flexibility index (Phi) is 6.60. The number of aliphatic hydroxyl groups is 1. The second kappa shape index (κ2) is 8.00. The Bertz CT molecular complexity index is 396. The molecule has 1 aromatic carbocycles. The number of aryl methyl sites for hydroxylation is 1. The summed E-state index contributed by atoms with van der Waals surface area (Å²) >= 11 is 1.71. The van der Waals surface area contributed by atoms with Crippen molar-refractivity contribution in [2.24, 2.45) is 0 Å². The average Bonchev–Trinajstić information content (AvgIpc) is 2.36. The summed E-state index contributed by atoms with van der Waals surface area (Å²) < 4.78 is 0. The number of carbonyl (C=O) groups excluding carboxylic acids is 1. The molecule has 0 fully saturated rings. The standard InChI is InChI=1S/C13H19NO3S/c1-10-9-11(3-4-12(10)16)13(17)14-5-8-18-7-2-6-15/h3-4,9,15-16H,2,5-8H2,1H3,(H,14,17). The number of phenols is 1. The molecule has 0 atom stereocenters. The lowest BCUT2D eigenvalue weighted by atomic mass is 10.1. The Morgan fingerprint density at radius 3 is 2.83 bits per heavy atom. The fourth-order valence-electron chi connectivity index (χ4n) is 1.40. The first-order valence-electron chi connectivity index (χ1n) is 5.91. The number of amides is 1. The summed E-state index contributed by atoms with van der Waals surface area (Å²) in [4.78, 5) is 11.8. The van der Waals surface area contributed by atoms with Gasteiger partial charge in [0.1, 0.15) is 5.75 Å². The molecule has 0 saturated heterocycles. The van der Waals surface area contributed by atoms with Crippen molar-refractivity contribution in [2.45, 2.75) is 13.3 Å². The van der Waals surface area contributed by atoms with E-state index in [1.54, 1.807) is 30.8 Å². The highest BCUT2D eigenvalue weighted by molar-refractivity contribution is 7.99. The summed E-state index contributed by atoms with van der Waals surface area (Å²) in [5.41, 5.74) is 1.26. The molecule has 0 saturated carbocycles. The van der Waals surface area contributed by atoms with Gasteiger partial charge in [-0.25, -0.2) is 0 Å². The first kappa shape index (κ1) is 14.9. The normalized spacial score (nSPS) is 10.3. The highest BCUT2D eigenvalue weighted by atomic mass is 32.2. The predicted octanol–water partition coefficient (Wildman–Crippen LogP) is 1.55. The minimum Gasteiger partial charge on any atom is -0.508 e. The number of aliphatic hydroxyl groups excluding tert-OH is 1. The Hall–Kier alpha value is -1.20. The van der Waals surface area contributed by atoms with E-state index in [1.165, 1.54) is 6.07 Å². The van der Waals surface area contributed by atoms with Crippen LogP contribution in [0.3, 0.4) is 0 Å². The second-order valence-corrected chi connectivity index (χ2v) is 5.17. The summed E-state index contributed by atoms with van der Waals surface area (Å²) in [5.74, 6) is 1.82. The molecule has 18 heavy (non-hydrogen) atoms. The van der Waals surface area contributed by atoms with Crippen molar-refractivity contribution in [3.63, 3.8) is 0 Å². The van der Waals surface area contributed by atoms with E-state index in [-0.39, 0.29) is 18.3 Å². The predicted molar refractivity (Wildman–Crippen MR) is 74.2 cm³/mol. The van der Waals surface area contributed by atoms with E-state index in [2.05, 4.69) is 5.32 Å². The minimum atomic E-state index is -0.124. The molecule has 5 heteroatoms. The Morgan fingerprint density at radius 1 is 1.39 bits per heavy atom. The number of carbonyl (C=O) groups is 1. The van der Waals surface area contributed by atoms with Crippen LogP contribution in [0.15, 0.2) is 18.2 Å². The van der Waals surface area contributed by atoms with Crippen LogP contribution in [0.5, 0.6) is 5.75 Å². The Balaban J connectivity index is 2.30. The number of benzene rings is 1. The first-order chi connectivity index (χ1) is 8.65. The lowest BCUT2D eigenvalue weighted by molar-refractivity contribution is 0.0956. The van der Waals surface area contributed by atoms with Gasteiger partial charge in [-0.1, -0.05) is 0 Å². The monoisotopic (exact) mass is 269 g/mol. The molecular formula is C13H19NO3S. The number of phenolic OH excluding ortho intramolecular Hbond substituents is 1. The summed E-state index contributed by atoms with van der Waals surface area (Å²) in [7, 11) is 0. The van der Waals surface area contributed by atoms with E-state index < -0.39 is 0 Å². The molecule has 0 aromatic heterocycles. The van der Waals surface area contributed by atoms with Crippen molar-refractivity contribution < 1.29 is 15.0 Å². The maximum atomic E-state index is 11.8. The third kappa shape index (κ3) is 4.98. The van der Waals surface area contributed by atoms with Crippen LogP contribution >= 0.6 is 11.8 Å². The molecule has 0 aliphatic rings. The van der Waals surface area contributed by atoms with Gasteiger partial charge in [-0.2, -0.15) is 11.8 Å². The van der Waals surface area contributed by atoms with Crippen molar-refractivity contribution in [3.8, 4) is 5.75 Å². The van der Waals surface area contributed by atoms with Crippen LogP contribution in [0.2, 0.25) is 0 Å². The maximum Gasteiger partial charge on any atom is 0.251 e. The zero-order valence-corrected chi connectivity index (χ0v) is 11.3. The van der Waals surface area contributed by atoms with Crippen molar-refractivity contribution in [2.75, 3.05) is 24.7 Å². The zero-order chi connectivity index (χ0) is 13.4. The topological polar surface area (TPSA) is 69.6 Å². The average molecular weight is 269 g/mol. The quantitative estimate of drug-likeness (QED) is 0.657. The Labute approximate surface area is 111 Å². The fourth-order valence-corrected chi connectivity index (χ4v) is 2.19. The molecule has 0 heterocycles. The molecule has 0 spiro atoms. The van der Waals surface area contributed by atoms with Crippen LogP contribution in [0.25, 0.3) is 0 Å². The smallest absolute Gasteiger partial charge is 0.251 e. The zero-order valence-electron chi connectivity index (χ0n) is 10.5. The van der Waals surface area contributed by atoms with Crippen molar-refractivity contribution >= 4 is 17.7 Å². The van der Waals surface area contributed by atoms with Crippen molar-refractivity contribution in [3.05, 3.63) is 29.3 Å². The highest BCUT2D eigenvalue weighted by Crippen LogP contribution is 2.16. The SMILES string of the molecule is Cc1cc(C(=O)NCCSCCCO)ccc1O. The number of thioether (sulfide) groups is 1. The summed E-state index contributed by atoms with van der Waals surface area (Å²) in [6.45, 7) is 2.58. The van der Waals surface area contributed by atoms with Crippen LogP contribution in [-0.2, 0) is 0 Å². The Morgan fingerprint density at radius 2 is 2.17 bits per heavy atom. The van der Waals surface area contributed by atoms with Gasteiger partial charge in [-0.15, -0.1) is 0 Å². The molecular weight excluding hydrogens is 250 g/mol. The molecule has 0 radical (unpaired) electrons. The van der Waals surface area contributed by atoms with Gasteiger partial charge in [0.2, 0.25) is 0 Å². The van der Waals surface area contributed by atoms with E-state index in [0.717, 1.165) is 17.9 Å². The molecule has 0 bridgehead atoms.